The predicted octanol–water partition coefficient (Wildman–Crippen LogP) is 1.72. The summed E-state index contributed by atoms with van der Waals surface area (Å²) in [7, 11) is -1.75. The number of hydrogen-bond donors (Lipinski definition) is 1. The molecule has 1 aromatic rings. The molecule has 0 bridgehead atoms. The molecule has 1 heterocycles. The van der Waals surface area contributed by atoms with Crippen LogP contribution in [0.15, 0.2) is 11.0 Å². The second kappa shape index (κ2) is 4.92. The van der Waals surface area contributed by atoms with Crippen molar-refractivity contribution < 1.29 is 8.42 Å². The van der Waals surface area contributed by atoms with Gasteiger partial charge in [-0.2, -0.15) is 4.31 Å². The fourth-order valence-corrected chi connectivity index (χ4v) is 5.26. The minimum Gasteiger partial charge on any atom is -0.329 e. The molecule has 102 valence electrons. The van der Waals surface area contributed by atoms with Crippen molar-refractivity contribution in [3.8, 4) is 0 Å². The third-order valence-corrected chi connectivity index (χ3v) is 6.63. The fraction of sp³-hybridized carbons (Fsp3) is 0.667. The summed E-state index contributed by atoms with van der Waals surface area (Å²) in [5, 5.41) is 0. The van der Waals surface area contributed by atoms with Crippen LogP contribution in [0.4, 0.5) is 0 Å². The van der Waals surface area contributed by atoms with Crippen LogP contribution < -0.4 is 5.73 Å². The molecule has 0 aromatic carbocycles. The molecule has 0 radical (unpaired) electrons. The highest BCUT2D eigenvalue weighted by Gasteiger charge is 2.38. The molecule has 6 heteroatoms. The molecule has 1 saturated carbocycles. The second-order valence-corrected chi connectivity index (χ2v) is 8.37. The van der Waals surface area contributed by atoms with Crippen LogP contribution in [0.25, 0.3) is 0 Å². The molecule has 1 atom stereocenters. The average Bonchev–Trinajstić information content (AvgIpc) is 3.05. The lowest BCUT2D eigenvalue weighted by atomic mass is 10.2. The van der Waals surface area contributed by atoms with E-state index in [1.54, 1.807) is 13.1 Å². The van der Waals surface area contributed by atoms with E-state index in [0.29, 0.717) is 17.4 Å². The van der Waals surface area contributed by atoms with E-state index in [2.05, 4.69) is 0 Å². The van der Waals surface area contributed by atoms with Gasteiger partial charge in [0.05, 0.1) is 4.90 Å². The Morgan fingerprint density at radius 1 is 1.50 bits per heavy atom. The zero-order chi connectivity index (χ0) is 13.5. The van der Waals surface area contributed by atoms with Crippen LogP contribution in [0.2, 0.25) is 0 Å². The van der Waals surface area contributed by atoms with Gasteiger partial charge in [0.15, 0.2) is 0 Å². The summed E-state index contributed by atoms with van der Waals surface area (Å²) in [5.74, 6) is 0.440. The molecular weight excluding hydrogens is 268 g/mol. The van der Waals surface area contributed by atoms with Gasteiger partial charge in [-0.1, -0.05) is 0 Å². The highest BCUT2D eigenvalue weighted by Crippen LogP contribution is 2.37. The molecule has 0 amide bonds. The Balaban J connectivity index is 2.32. The molecule has 1 aromatic heterocycles. The fourth-order valence-electron chi connectivity index (χ4n) is 2.32. The lowest BCUT2D eigenvalue weighted by Crippen LogP contribution is -2.43. The molecule has 1 fully saturated rings. The van der Waals surface area contributed by atoms with E-state index in [1.807, 2.05) is 13.8 Å². The predicted molar refractivity (Wildman–Crippen MR) is 74.3 cm³/mol. The normalized spacial score (nSPS) is 18.3. The van der Waals surface area contributed by atoms with Gasteiger partial charge in [-0.15, -0.1) is 11.3 Å². The zero-order valence-electron chi connectivity index (χ0n) is 11.0. The van der Waals surface area contributed by atoms with Gasteiger partial charge in [-0.25, -0.2) is 8.42 Å². The van der Waals surface area contributed by atoms with E-state index in [1.165, 1.54) is 15.6 Å². The van der Waals surface area contributed by atoms with Crippen molar-refractivity contribution >= 4 is 21.4 Å². The Hall–Kier alpha value is -0.430. The molecule has 0 aliphatic heterocycles. The standard InChI is InChI=1S/C12H20N2O2S2/c1-8-6-12(9(2)17-8)18(15,16)14(3)11(7-13)10-4-5-10/h6,10-11H,4-5,7,13H2,1-3H3. The molecule has 18 heavy (non-hydrogen) atoms. The average molecular weight is 288 g/mol. The topological polar surface area (TPSA) is 63.4 Å². The molecule has 0 spiro atoms. The lowest BCUT2D eigenvalue weighted by Gasteiger charge is -2.26. The van der Waals surface area contributed by atoms with Crippen molar-refractivity contribution in [2.75, 3.05) is 13.6 Å². The zero-order valence-corrected chi connectivity index (χ0v) is 12.6. The van der Waals surface area contributed by atoms with Crippen molar-refractivity contribution in [2.24, 2.45) is 11.7 Å². The van der Waals surface area contributed by atoms with Crippen molar-refractivity contribution in [1.29, 1.82) is 0 Å². The van der Waals surface area contributed by atoms with E-state index < -0.39 is 10.0 Å². The summed E-state index contributed by atoms with van der Waals surface area (Å²) in [5.41, 5.74) is 5.73. The van der Waals surface area contributed by atoms with Crippen molar-refractivity contribution in [3.63, 3.8) is 0 Å². The first-order chi connectivity index (χ1) is 8.37. The lowest BCUT2D eigenvalue weighted by molar-refractivity contribution is 0.340. The second-order valence-electron chi connectivity index (χ2n) is 4.94. The molecular formula is C12H20N2O2S2. The smallest absolute Gasteiger partial charge is 0.244 e. The van der Waals surface area contributed by atoms with Crippen molar-refractivity contribution in [3.05, 3.63) is 15.8 Å². The Bertz CT molecular complexity index is 532. The monoisotopic (exact) mass is 288 g/mol. The van der Waals surface area contributed by atoms with E-state index >= 15 is 0 Å². The number of rotatable bonds is 5. The quantitative estimate of drug-likeness (QED) is 0.897. The van der Waals surface area contributed by atoms with Gasteiger partial charge in [-0.05, 0) is 38.7 Å². The minimum absolute atomic E-state index is 0.0605. The van der Waals surface area contributed by atoms with Gasteiger partial charge in [0, 0.05) is 29.4 Å². The number of thiophene rings is 1. The third-order valence-electron chi connectivity index (χ3n) is 3.53. The van der Waals surface area contributed by atoms with Gasteiger partial charge in [-0.3, -0.25) is 0 Å². The Morgan fingerprint density at radius 2 is 2.11 bits per heavy atom. The van der Waals surface area contributed by atoms with Gasteiger partial charge < -0.3 is 5.73 Å². The molecule has 4 nitrogen and oxygen atoms in total. The number of sulfonamides is 1. The maximum Gasteiger partial charge on any atom is 0.244 e. The third kappa shape index (κ3) is 2.47. The number of aryl methyl sites for hydroxylation is 2. The van der Waals surface area contributed by atoms with Crippen LogP contribution >= 0.6 is 11.3 Å². The molecule has 1 unspecified atom stereocenters. The molecule has 2 N–H and O–H groups in total. The van der Waals surface area contributed by atoms with E-state index in [0.717, 1.165) is 22.6 Å². The Morgan fingerprint density at radius 3 is 2.50 bits per heavy atom. The first-order valence-electron chi connectivity index (χ1n) is 6.13. The van der Waals surface area contributed by atoms with Crippen molar-refractivity contribution in [2.45, 2.75) is 37.6 Å². The molecule has 0 saturated heterocycles. The van der Waals surface area contributed by atoms with Gasteiger partial charge in [0.25, 0.3) is 0 Å². The van der Waals surface area contributed by atoms with Crippen molar-refractivity contribution in [1.82, 2.24) is 4.31 Å². The first kappa shape index (κ1) is 14.0. The van der Waals surface area contributed by atoms with Crippen LogP contribution in [0.1, 0.15) is 22.6 Å². The maximum atomic E-state index is 12.6. The summed E-state index contributed by atoms with van der Waals surface area (Å²) in [6.45, 7) is 4.17. The van der Waals surface area contributed by atoms with Crippen LogP contribution in [0.3, 0.4) is 0 Å². The summed E-state index contributed by atoms with van der Waals surface area (Å²) >= 11 is 1.52. The van der Waals surface area contributed by atoms with E-state index in [4.69, 9.17) is 5.73 Å². The number of nitrogens with two attached hydrogens (primary N) is 1. The van der Waals surface area contributed by atoms with E-state index in [9.17, 15) is 8.42 Å². The number of nitrogens with zero attached hydrogens (tertiary/aromatic N) is 1. The van der Waals surface area contributed by atoms with Crippen LogP contribution in [0, 0.1) is 19.8 Å². The number of likely N-dealkylation sites (N-methyl/N-ethyl adjacent to an activating group) is 1. The minimum atomic E-state index is -3.40. The SMILES string of the molecule is Cc1cc(S(=O)(=O)N(C)C(CN)C2CC2)c(C)s1. The highest BCUT2D eigenvalue weighted by atomic mass is 32.2. The molecule has 2 rings (SSSR count). The maximum absolute atomic E-state index is 12.6. The van der Waals surface area contributed by atoms with Gasteiger partial charge in [0.1, 0.15) is 0 Å². The summed E-state index contributed by atoms with van der Waals surface area (Å²) in [6.07, 6.45) is 2.17. The Labute approximate surface area is 113 Å². The van der Waals surface area contributed by atoms with Crippen LogP contribution in [-0.4, -0.2) is 32.4 Å². The Kier molecular flexibility index (Phi) is 3.82. The van der Waals surface area contributed by atoms with E-state index in [-0.39, 0.29) is 6.04 Å². The summed E-state index contributed by atoms with van der Waals surface area (Å²) in [6, 6.07) is 1.70. The molecule has 1 aliphatic rings. The largest absolute Gasteiger partial charge is 0.329 e. The van der Waals surface area contributed by atoms with Crippen LogP contribution in [0.5, 0.6) is 0 Å². The number of hydrogen-bond acceptors (Lipinski definition) is 4. The molecule has 1 aliphatic carbocycles. The highest BCUT2D eigenvalue weighted by molar-refractivity contribution is 7.89. The van der Waals surface area contributed by atoms with Crippen LogP contribution in [-0.2, 0) is 10.0 Å². The van der Waals surface area contributed by atoms with Gasteiger partial charge in [0.2, 0.25) is 10.0 Å². The summed E-state index contributed by atoms with van der Waals surface area (Å²) < 4.78 is 26.6. The first-order valence-corrected chi connectivity index (χ1v) is 8.38. The van der Waals surface area contributed by atoms with Gasteiger partial charge >= 0.3 is 0 Å². The summed E-state index contributed by atoms with van der Waals surface area (Å²) in [4.78, 5) is 2.31.